The first kappa shape index (κ1) is 16.8. The lowest BCUT2D eigenvalue weighted by molar-refractivity contribution is 0.507. The van der Waals surface area contributed by atoms with Crippen LogP contribution in [0.25, 0.3) is 0 Å². The van der Waals surface area contributed by atoms with Gasteiger partial charge in [-0.2, -0.15) is 0 Å². The minimum atomic E-state index is 0.474. The summed E-state index contributed by atoms with van der Waals surface area (Å²) in [6.45, 7) is 4.68. The number of anilines is 1. The summed E-state index contributed by atoms with van der Waals surface area (Å²) in [5.41, 5.74) is 2.90. The highest BCUT2D eigenvalue weighted by Gasteiger charge is 2.19. The molecule has 1 heterocycles. The Kier molecular flexibility index (Phi) is 7.05. The molecular formula is C18H29BrN2. The molecule has 1 fully saturated rings. The highest BCUT2D eigenvalue weighted by molar-refractivity contribution is 9.10. The van der Waals surface area contributed by atoms with Crippen molar-refractivity contribution in [1.82, 2.24) is 5.32 Å². The van der Waals surface area contributed by atoms with Crippen molar-refractivity contribution >= 4 is 21.6 Å². The van der Waals surface area contributed by atoms with Gasteiger partial charge in [0.15, 0.2) is 0 Å². The molecule has 1 saturated heterocycles. The van der Waals surface area contributed by atoms with Gasteiger partial charge >= 0.3 is 0 Å². The van der Waals surface area contributed by atoms with Gasteiger partial charge < -0.3 is 10.2 Å². The Morgan fingerprint density at radius 2 is 1.95 bits per heavy atom. The van der Waals surface area contributed by atoms with Crippen LogP contribution in [0.5, 0.6) is 0 Å². The Morgan fingerprint density at radius 1 is 1.19 bits per heavy atom. The molecule has 0 bridgehead atoms. The van der Waals surface area contributed by atoms with E-state index in [9.17, 15) is 0 Å². The summed E-state index contributed by atoms with van der Waals surface area (Å²) in [5.74, 6) is 0. The predicted molar refractivity (Wildman–Crippen MR) is 96.1 cm³/mol. The normalized spacial score (nSPS) is 17.0. The number of hydrogen-bond donors (Lipinski definition) is 1. The van der Waals surface area contributed by atoms with E-state index in [0.29, 0.717) is 6.04 Å². The Labute approximate surface area is 138 Å². The molecule has 0 spiro atoms. The summed E-state index contributed by atoms with van der Waals surface area (Å²) < 4.78 is 1.19. The smallest absolute Gasteiger partial charge is 0.0426 e. The Hall–Kier alpha value is -0.540. The van der Waals surface area contributed by atoms with E-state index < -0.39 is 0 Å². The molecular weight excluding hydrogens is 324 g/mol. The van der Waals surface area contributed by atoms with Gasteiger partial charge in [0.05, 0.1) is 0 Å². The van der Waals surface area contributed by atoms with E-state index in [-0.39, 0.29) is 0 Å². The lowest BCUT2D eigenvalue weighted by atomic mass is 9.97. The number of benzene rings is 1. The second-order valence-electron chi connectivity index (χ2n) is 6.09. The summed E-state index contributed by atoms with van der Waals surface area (Å²) in [6.07, 6.45) is 9.18. The van der Waals surface area contributed by atoms with E-state index in [2.05, 4.69) is 58.3 Å². The van der Waals surface area contributed by atoms with Crippen molar-refractivity contribution in [2.24, 2.45) is 0 Å². The molecule has 2 rings (SSSR count). The van der Waals surface area contributed by atoms with Gasteiger partial charge in [-0.05, 0) is 50.4 Å². The maximum absolute atomic E-state index is 3.65. The second kappa shape index (κ2) is 8.79. The third-order valence-corrected chi connectivity index (χ3v) is 5.00. The molecule has 1 aromatic carbocycles. The molecule has 2 nitrogen and oxygen atoms in total. The molecule has 21 heavy (non-hydrogen) atoms. The zero-order valence-corrected chi connectivity index (χ0v) is 15.1. The number of nitrogens with zero attached hydrogens (tertiary/aromatic N) is 1. The van der Waals surface area contributed by atoms with Crippen molar-refractivity contribution in [3.05, 3.63) is 28.2 Å². The topological polar surface area (TPSA) is 15.3 Å². The minimum absolute atomic E-state index is 0.474. The number of nitrogens with one attached hydrogen (secondary N) is 1. The summed E-state index contributed by atoms with van der Waals surface area (Å²) in [7, 11) is 2.10. The van der Waals surface area contributed by atoms with Gasteiger partial charge in [0.25, 0.3) is 0 Å². The lowest BCUT2D eigenvalue weighted by Gasteiger charge is -2.33. The Morgan fingerprint density at radius 3 is 2.62 bits per heavy atom. The van der Waals surface area contributed by atoms with Crippen LogP contribution in [-0.2, 0) is 0 Å². The highest BCUT2D eigenvalue weighted by Crippen LogP contribution is 2.33. The van der Waals surface area contributed by atoms with E-state index in [1.807, 2.05) is 0 Å². The number of halogens is 1. The van der Waals surface area contributed by atoms with Gasteiger partial charge in [-0.1, -0.05) is 48.2 Å². The molecule has 0 saturated carbocycles. The predicted octanol–water partition coefficient (Wildman–Crippen LogP) is 5.28. The van der Waals surface area contributed by atoms with Gasteiger partial charge in [0.2, 0.25) is 0 Å². The van der Waals surface area contributed by atoms with Crippen LogP contribution in [0.4, 0.5) is 5.69 Å². The van der Waals surface area contributed by atoms with Crippen LogP contribution in [0, 0.1) is 0 Å². The maximum atomic E-state index is 3.65. The van der Waals surface area contributed by atoms with Crippen LogP contribution in [0.1, 0.15) is 63.5 Å². The van der Waals surface area contributed by atoms with E-state index in [4.69, 9.17) is 0 Å². The molecule has 1 N–H and O–H groups in total. The molecule has 1 aliphatic rings. The molecule has 1 atom stereocenters. The van der Waals surface area contributed by atoms with E-state index in [1.165, 1.54) is 73.8 Å². The van der Waals surface area contributed by atoms with Gasteiger partial charge in [0.1, 0.15) is 0 Å². The lowest BCUT2D eigenvalue weighted by Crippen LogP contribution is -2.31. The van der Waals surface area contributed by atoms with Crippen molar-refractivity contribution in [2.75, 3.05) is 25.0 Å². The Bertz CT molecular complexity index is 427. The average molecular weight is 353 g/mol. The van der Waals surface area contributed by atoms with Crippen LogP contribution >= 0.6 is 15.9 Å². The minimum Gasteiger partial charge on any atom is -0.371 e. The maximum Gasteiger partial charge on any atom is 0.0426 e. The van der Waals surface area contributed by atoms with Crippen LogP contribution in [0.15, 0.2) is 22.7 Å². The van der Waals surface area contributed by atoms with Gasteiger partial charge in [-0.15, -0.1) is 0 Å². The van der Waals surface area contributed by atoms with Crippen molar-refractivity contribution in [3.8, 4) is 0 Å². The largest absolute Gasteiger partial charge is 0.371 e. The SMILES string of the molecule is CCCCCC(NC)c1ccc(Br)cc1N1CCCCC1. The standard InChI is InChI=1S/C18H29BrN2/c1-3-4-6-9-17(20-2)16-11-10-15(19)14-18(16)21-12-7-5-8-13-21/h10-11,14,17,20H,3-9,12-13H2,1-2H3. The third kappa shape index (κ3) is 4.72. The van der Waals surface area contributed by atoms with Crippen LogP contribution in [0.2, 0.25) is 0 Å². The molecule has 1 aromatic rings. The molecule has 0 aliphatic carbocycles. The zero-order chi connectivity index (χ0) is 15.1. The molecule has 1 unspecified atom stereocenters. The highest BCUT2D eigenvalue weighted by atomic mass is 79.9. The van der Waals surface area contributed by atoms with Gasteiger partial charge in [-0.3, -0.25) is 0 Å². The second-order valence-corrected chi connectivity index (χ2v) is 7.00. The van der Waals surface area contributed by atoms with Crippen LogP contribution in [0.3, 0.4) is 0 Å². The van der Waals surface area contributed by atoms with E-state index in [1.54, 1.807) is 0 Å². The number of unbranched alkanes of at least 4 members (excludes halogenated alkanes) is 2. The fourth-order valence-electron chi connectivity index (χ4n) is 3.27. The molecule has 0 amide bonds. The van der Waals surface area contributed by atoms with E-state index >= 15 is 0 Å². The van der Waals surface area contributed by atoms with E-state index in [0.717, 1.165) is 0 Å². The first-order valence-corrected chi connectivity index (χ1v) is 9.27. The summed E-state index contributed by atoms with van der Waals surface area (Å²) in [5, 5.41) is 3.53. The first-order chi connectivity index (χ1) is 10.3. The molecule has 0 aromatic heterocycles. The fraction of sp³-hybridized carbons (Fsp3) is 0.667. The zero-order valence-electron chi connectivity index (χ0n) is 13.5. The van der Waals surface area contributed by atoms with Gasteiger partial charge in [0, 0.05) is 29.3 Å². The first-order valence-electron chi connectivity index (χ1n) is 8.48. The number of rotatable bonds is 7. The molecule has 3 heteroatoms. The van der Waals surface area contributed by atoms with Crippen molar-refractivity contribution in [2.45, 2.75) is 57.9 Å². The molecule has 0 radical (unpaired) electrons. The van der Waals surface area contributed by atoms with Gasteiger partial charge in [-0.25, -0.2) is 0 Å². The summed E-state index contributed by atoms with van der Waals surface area (Å²) in [4.78, 5) is 2.58. The van der Waals surface area contributed by atoms with Crippen LogP contribution < -0.4 is 10.2 Å². The van der Waals surface area contributed by atoms with Crippen molar-refractivity contribution in [3.63, 3.8) is 0 Å². The summed E-state index contributed by atoms with van der Waals surface area (Å²) in [6, 6.07) is 7.28. The van der Waals surface area contributed by atoms with Crippen LogP contribution in [-0.4, -0.2) is 20.1 Å². The quantitative estimate of drug-likeness (QED) is 0.671. The molecule has 118 valence electrons. The van der Waals surface area contributed by atoms with Crippen molar-refractivity contribution < 1.29 is 0 Å². The summed E-state index contributed by atoms with van der Waals surface area (Å²) >= 11 is 3.65. The monoisotopic (exact) mass is 352 g/mol. The number of piperidine rings is 1. The van der Waals surface area contributed by atoms with Crippen molar-refractivity contribution in [1.29, 1.82) is 0 Å². The average Bonchev–Trinajstić information content (AvgIpc) is 2.53. The molecule has 1 aliphatic heterocycles. The fourth-order valence-corrected chi connectivity index (χ4v) is 3.62. The third-order valence-electron chi connectivity index (χ3n) is 4.51. The number of hydrogen-bond acceptors (Lipinski definition) is 2. The Balaban J connectivity index is 2.19.